The van der Waals surface area contributed by atoms with Crippen LogP contribution in [0.1, 0.15) is 25.7 Å². The van der Waals surface area contributed by atoms with E-state index in [2.05, 4.69) is 20.5 Å². The summed E-state index contributed by atoms with van der Waals surface area (Å²) in [6, 6.07) is 7.51. The summed E-state index contributed by atoms with van der Waals surface area (Å²) in [6.07, 6.45) is 4.63. The van der Waals surface area contributed by atoms with E-state index in [0.29, 0.717) is 25.3 Å². The van der Waals surface area contributed by atoms with E-state index < -0.39 is 18.0 Å². The summed E-state index contributed by atoms with van der Waals surface area (Å²) < 4.78 is 0. The van der Waals surface area contributed by atoms with Crippen LogP contribution in [0.2, 0.25) is 0 Å². The lowest BCUT2D eigenvalue weighted by Gasteiger charge is -2.31. The van der Waals surface area contributed by atoms with Crippen LogP contribution in [0.5, 0.6) is 0 Å². The highest BCUT2D eigenvalue weighted by atomic mass is 16.2. The molecule has 0 unspecified atom stereocenters. The quantitative estimate of drug-likeness (QED) is 0.263. The number of nitrogens with one attached hydrogen (secondary N) is 2. The van der Waals surface area contributed by atoms with Gasteiger partial charge in [0.15, 0.2) is 0 Å². The van der Waals surface area contributed by atoms with Crippen molar-refractivity contribution in [3.05, 3.63) is 36.5 Å². The second-order valence-corrected chi connectivity index (χ2v) is 9.10. The number of nitrogens with zero attached hydrogens (tertiary/aromatic N) is 3. The van der Waals surface area contributed by atoms with Crippen molar-refractivity contribution in [3.8, 4) is 0 Å². The molecule has 11 nitrogen and oxygen atoms in total. The van der Waals surface area contributed by atoms with Crippen molar-refractivity contribution in [2.75, 3.05) is 51.1 Å². The first kappa shape index (κ1) is 27.5. The Hall–Kier alpha value is -3.12. The zero-order chi connectivity index (χ0) is 25.9. The van der Waals surface area contributed by atoms with Crippen LogP contribution < -0.4 is 27.8 Å². The van der Waals surface area contributed by atoms with Gasteiger partial charge in [-0.3, -0.25) is 19.4 Å². The molecule has 1 aliphatic heterocycles. The molecule has 0 bridgehead atoms. The Morgan fingerprint density at radius 3 is 2.42 bits per heavy atom. The van der Waals surface area contributed by atoms with Crippen LogP contribution in [0.3, 0.4) is 0 Å². The zero-order valence-electron chi connectivity index (χ0n) is 20.7. The van der Waals surface area contributed by atoms with Crippen molar-refractivity contribution in [3.63, 3.8) is 0 Å². The Kier molecular flexibility index (Phi) is 10.6. The number of hydrogen-bond acceptors (Lipinski definition) is 8. The molecule has 2 atom stereocenters. The summed E-state index contributed by atoms with van der Waals surface area (Å²) in [6.45, 7) is 3.31. The molecule has 1 aliphatic rings. The van der Waals surface area contributed by atoms with Gasteiger partial charge in [-0.25, -0.2) is 0 Å². The van der Waals surface area contributed by atoms with Gasteiger partial charge in [-0.05, 0) is 38.1 Å². The number of benzene rings is 1. The lowest BCUT2D eigenvalue weighted by molar-refractivity contribution is -0.134. The van der Waals surface area contributed by atoms with E-state index >= 15 is 0 Å². The van der Waals surface area contributed by atoms with Crippen LogP contribution in [0, 0.1) is 0 Å². The van der Waals surface area contributed by atoms with Gasteiger partial charge in [-0.1, -0.05) is 24.6 Å². The SMILES string of the molecule is NCCN(CCN)C(=O)C[C@H](N)C(=O)N[C@@H](CN1CCCCC1)C(=O)Nc1cnc2ccccc2c1. The number of hydrogen-bond donors (Lipinski definition) is 5. The highest BCUT2D eigenvalue weighted by molar-refractivity contribution is 5.99. The van der Waals surface area contributed by atoms with Crippen molar-refractivity contribution in [2.24, 2.45) is 17.2 Å². The number of nitrogens with two attached hydrogens (primary N) is 3. The minimum Gasteiger partial charge on any atom is -0.342 e. The molecule has 0 radical (unpaired) electrons. The van der Waals surface area contributed by atoms with Gasteiger partial charge in [0.25, 0.3) is 0 Å². The standard InChI is InChI=1S/C25H38N8O3/c26-8-12-33(13-9-27)23(34)15-20(28)24(35)31-22(17-32-10-4-1-5-11-32)25(36)30-19-14-18-6-2-3-7-21(18)29-16-19/h2-3,6-7,14,16,20,22H,1,4-5,8-13,15,17,26-28H2,(H,30,36)(H,31,35)/t20-,22-/m0/s1. The average molecular weight is 499 g/mol. The number of rotatable bonds is 12. The molecule has 3 rings (SSSR count). The van der Waals surface area contributed by atoms with E-state index in [9.17, 15) is 14.4 Å². The molecular formula is C25H38N8O3. The van der Waals surface area contributed by atoms with E-state index in [1.54, 1.807) is 6.20 Å². The Labute approximate surface area is 211 Å². The number of aromatic nitrogens is 1. The molecule has 8 N–H and O–H groups in total. The fourth-order valence-corrected chi connectivity index (χ4v) is 4.32. The van der Waals surface area contributed by atoms with Crippen molar-refractivity contribution < 1.29 is 14.4 Å². The number of carbonyl (C=O) groups is 3. The molecule has 1 fully saturated rings. The molecule has 1 aromatic heterocycles. The Balaban J connectivity index is 1.67. The third-order valence-corrected chi connectivity index (χ3v) is 6.26. The molecule has 0 spiro atoms. The first-order valence-electron chi connectivity index (χ1n) is 12.5. The van der Waals surface area contributed by atoms with E-state index in [-0.39, 0.29) is 31.3 Å². The van der Waals surface area contributed by atoms with Crippen molar-refractivity contribution in [1.29, 1.82) is 0 Å². The topological polar surface area (TPSA) is 173 Å². The molecule has 0 saturated carbocycles. The summed E-state index contributed by atoms with van der Waals surface area (Å²) >= 11 is 0. The van der Waals surface area contributed by atoms with E-state index in [4.69, 9.17) is 17.2 Å². The number of fused-ring (bicyclic) bond motifs is 1. The number of para-hydroxylation sites is 1. The smallest absolute Gasteiger partial charge is 0.248 e. The molecular weight excluding hydrogens is 460 g/mol. The molecule has 1 aromatic carbocycles. The van der Waals surface area contributed by atoms with Gasteiger partial charge < -0.3 is 37.6 Å². The van der Waals surface area contributed by atoms with Gasteiger partial charge in [0.1, 0.15) is 6.04 Å². The normalized spacial score (nSPS) is 15.8. The van der Waals surface area contributed by atoms with Crippen molar-refractivity contribution >= 4 is 34.3 Å². The van der Waals surface area contributed by atoms with Gasteiger partial charge >= 0.3 is 0 Å². The Morgan fingerprint density at radius 1 is 1.03 bits per heavy atom. The molecule has 1 saturated heterocycles. The van der Waals surface area contributed by atoms with Crippen LogP contribution in [0.15, 0.2) is 36.5 Å². The Morgan fingerprint density at radius 2 is 1.72 bits per heavy atom. The lowest BCUT2D eigenvalue weighted by atomic mass is 10.1. The maximum absolute atomic E-state index is 13.3. The van der Waals surface area contributed by atoms with Crippen molar-refractivity contribution in [1.82, 2.24) is 20.1 Å². The van der Waals surface area contributed by atoms with Gasteiger partial charge in [-0.2, -0.15) is 0 Å². The minimum absolute atomic E-state index is 0.196. The maximum Gasteiger partial charge on any atom is 0.248 e. The Bertz CT molecular complexity index is 1020. The van der Waals surface area contributed by atoms with Crippen LogP contribution in [-0.4, -0.2) is 90.4 Å². The molecule has 2 aromatic rings. The van der Waals surface area contributed by atoms with E-state index in [0.717, 1.165) is 43.3 Å². The van der Waals surface area contributed by atoms with Crippen LogP contribution in [0.4, 0.5) is 5.69 Å². The van der Waals surface area contributed by atoms with Gasteiger partial charge in [-0.15, -0.1) is 0 Å². The zero-order valence-corrected chi connectivity index (χ0v) is 20.7. The summed E-state index contributed by atoms with van der Waals surface area (Å²) in [5.41, 5.74) is 18.6. The fraction of sp³-hybridized carbons (Fsp3) is 0.520. The number of likely N-dealkylation sites (tertiary alicyclic amines) is 1. The number of pyridine rings is 1. The highest BCUT2D eigenvalue weighted by Crippen LogP contribution is 2.17. The van der Waals surface area contributed by atoms with E-state index in [1.807, 2.05) is 30.3 Å². The van der Waals surface area contributed by atoms with Crippen LogP contribution >= 0.6 is 0 Å². The first-order chi connectivity index (χ1) is 17.4. The molecule has 196 valence electrons. The molecule has 11 heteroatoms. The summed E-state index contributed by atoms with van der Waals surface area (Å²) in [4.78, 5) is 46.8. The minimum atomic E-state index is -1.10. The molecule has 2 heterocycles. The number of anilines is 1. The number of amides is 3. The lowest BCUT2D eigenvalue weighted by Crippen LogP contribution is -2.55. The summed E-state index contributed by atoms with van der Waals surface area (Å²) in [7, 11) is 0. The largest absolute Gasteiger partial charge is 0.342 e. The first-order valence-corrected chi connectivity index (χ1v) is 12.5. The van der Waals surface area contributed by atoms with Crippen LogP contribution in [-0.2, 0) is 14.4 Å². The van der Waals surface area contributed by atoms with Gasteiger partial charge in [0.2, 0.25) is 17.7 Å². The second kappa shape index (κ2) is 13.8. The van der Waals surface area contributed by atoms with Gasteiger partial charge in [0.05, 0.1) is 29.9 Å². The van der Waals surface area contributed by atoms with Gasteiger partial charge in [0, 0.05) is 38.1 Å². The monoisotopic (exact) mass is 498 g/mol. The molecule has 3 amide bonds. The third-order valence-electron chi connectivity index (χ3n) is 6.26. The maximum atomic E-state index is 13.3. The predicted octanol–water partition coefficient (Wildman–Crippen LogP) is -0.393. The average Bonchev–Trinajstić information content (AvgIpc) is 2.88. The second-order valence-electron chi connectivity index (χ2n) is 9.10. The molecule has 0 aliphatic carbocycles. The number of carbonyl (C=O) groups excluding carboxylic acids is 3. The molecule has 36 heavy (non-hydrogen) atoms. The van der Waals surface area contributed by atoms with Crippen LogP contribution in [0.25, 0.3) is 10.9 Å². The van der Waals surface area contributed by atoms with E-state index in [1.165, 1.54) is 4.90 Å². The summed E-state index contributed by atoms with van der Waals surface area (Å²) in [5.74, 6) is -1.22. The number of piperidine rings is 1. The fourth-order valence-electron chi connectivity index (χ4n) is 4.32. The summed E-state index contributed by atoms with van der Waals surface area (Å²) in [5, 5.41) is 6.54. The highest BCUT2D eigenvalue weighted by Gasteiger charge is 2.28. The van der Waals surface area contributed by atoms with Crippen molar-refractivity contribution in [2.45, 2.75) is 37.8 Å². The predicted molar refractivity (Wildman–Crippen MR) is 140 cm³/mol. The third kappa shape index (κ3) is 7.95.